The summed E-state index contributed by atoms with van der Waals surface area (Å²) >= 11 is 0. The molecule has 0 spiro atoms. The molecule has 1 aromatic rings. The SMILES string of the molecule is FC(F)(F)c1ccn(CCCNC2CCNCC2)n1. The quantitative estimate of drug-likeness (QED) is 0.803. The number of aryl methyl sites for hydroxylation is 1. The summed E-state index contributed by atoms with van der Waals surface area (Å²) in [6, 6.07) is 1.55. The third-order valence-electron chi connectivity index (χ3n) is 3.27. The molecule has 4 nitrogen and oxygen atoms in total. The van der Waals surface area contributed by atoms with Crippen LogP contribution in [0.2, 0.25) is 0 Å². The molecular formula is C12H19F3N4. The summed E-state index contributed by atoms with van der Waals surface area (Å²) in [5.41, 5.74) is -0.821. The van der Waals surface area contributed by atoms with Crippen LogP contribution in [-0.4, -0.2) is 35.5 Å². The van der Waals surface area contributed by atoms with Gasteiger partial charge in [0.25, 0.3) is 0 Å². The molecule has 1 aliphatic rings. The van der Waals surface area contributed by atoms with E-state index in [0.29, 0.717) is 12.6 Å². The van der Waals surface area contributed by atoms with Crippen molar-refractivity contribution in [2.45, 2.75) is 38.0 Å². The molecule has 1 saturated heterocycles. The highest BCUT2D eigenvalue weighted by Crippen LogP contribution is 2.27. The van der Waals surface area contributed by atoms with Gasteiger partial charge in [0.2, 0.25) is 0 Å². The normalized spacial score (nSPS) is 17.8. The van der Waals surface area contributed by atoms with Gasteiger partial charge in [-0.25, -0.2) is 0 Å². The van der Waals surface area contributed by atoms with Crippen molar-refractivity contribution in [3.8, 4) is 0 Å². The van der Waals surface area contributed by atoms with Gasteiger partial charge in [-0.3, -0.25) is 4.68 Å². The minimum absolute atomic E-state index is 0.508. The van der Waals surface area contributed by atoms with Crippen LogP contribution < -0.4 is 10.6 Å². The zero-order valence-electron chi connectivity index (χ0n) is 10.7. The van der Waals surface area contributed by atoms with Crippen molar-refractivity contribution in [1.82, 2.24) is 20.4 Å². The van der Waals surface area contributed by atoms with Crippen LogP contribution in [0.15, 0.2) is 12.3 Å². The molecule has 2 rings (SSSR count). The Labute approximate surface area is 110 Å². The highest BCUT2D eigenvalue weighted by atomic mass is 19.4. The fourth-order valence-electron chi connectivity index (χ4n) is 2.21. The summed E-state index contributed by atoms with van der Waals surface area (Å²) in [6.45, 7) is 3.39. The number of hydrogen-bond donors (Lipinski definition) is 2. The standard InChI is InChI=1S/C12H19F3N4/c13-12(14,15)11-4-9-19(18-11)8-1-5-17-10-2-6-16-7-3-10/h4,9-10,16-17H,1-3,5-8H2. The number of aromatic nitrogens is 2. The second kappa shape index (κ2) is 6.38. The van der Waals surface area contributed by atoms with E-state index < -0.39 is 11.9 Å². The maximum absolute atomic E-state index is 12.3. The van der Waals surface area contributed by atoms with Crippen LogP contribution in [-0.2, 0) is 12.7 Å². The van der Waals surface area contributed by atoms with E-state index in [1.165, 1.54) is 10.9 Å². The lowest BCUT2D eigenvalue weighted by atomic mass is 10.1. The Morgan fingerprint density at radius 1 is 1.37 bits per heavy atom. The molecule has 19 heavy (non-hydrogen) atoms. The summed E-state index contributed by atoms with van der Waals surface area (Å²) in [6.07, 6.45) is 0.0365. The van der Waals surface area contributed by atoms with Crippen LogP contribution >= 0.6 is 0 Å². The first-order valence-corrected chi connectivity index (χ1v) is 6.60. The Morgan fingerprint density at radius 3 is 2.74 bits per heavy atom. The predicted octanol–water partition coefficient (Wildman–Crippen LogP) is 1.63. The number of nitrogens with zero attached hydrogens (tertiary/aromatic N) is 2. The van der Waals surface area contributed by atoms with Gasteiger partial charge < -0.3 is 10.6 Å². The highest BCUT2D eigenvalue weighted by Gasteiger charge is 2.33. The van der Waals surface area contributed by atoms with Gasteiger partial charge in [-0.05, 0) is 45.0 Å². The molecule has 0 aromatic carbocycles. The van der Waals surface area contributed by atoms with E-state index in [4.69, 9.17) is 0 Å². The third kappa shape index (κ3) is 4.50. The van der Waals surface area contributed by atoms with Crippen molar-refractivity contribution in [3.05, 3.63) is 18.0 Å². The van der Waals surface area contributed by atoms with Crippen molar-refractivity contribution in [2.24, 2.45) is 0 Å². The molecular weight excluding hydrogens is 257 g/mol. The summed E-state index contributed by atoms with van der Waals surface area (Å²) in [7, 11) is 0. The van der Waals surface area contributed by atoms with Crippen molar-refractivity contribution in [3.63, 3.8) is 0 Å². The van der Waals surface area contributed by atoms with Gasteiger partial charge in [-0.2, -0.15) is 18.3 Å². The molecule has 0 saturated carbocycles. The number of nitrogens with one attached hydrogen (secondary N) is 2. The van der Waals surface area contributed by atoms with Crippen LogP contribution in [0.5, 0.6) is 0 Å². The van der Waals surface area contributed by atoms with Gasteiger partial charge in [0.15, 0.2) is 5.69 Å². The van der Waals surface area contributed by atoms with Gasteiger partial charge in [0, 0.05) is 18.8 Å². The van der Waals surface area contributed by atoms with E-state index in [9.17, 15) is 13.2 Å². The van der Waals surface area contributed by atoms with E-state index in [1.54, 1.807) is 0 Å². The molecule has 0 bridgehead atoms. The smallest absolute Gasteiger partial charge is 0.317 e. The fraction of sp³-hybridized carbons (Fsp3) is 0.750. The molecule has 2 heterocycles. The first-order valence-electron chi connectivity index (χ1n) is 6.60. The molecule has 0 aliphatic carbocycles. The van der Waals surface area contributed by atoms with Crippen molar-refractivity contribution in [2.75, 3.05) is 19.6 Å². The summed E-state index contributed by atoms with van der Waals surface area (Å²) in [5, 5.41) is 10.2. The number of halogens is 3. The Balaban J connectivity index is 1.66. The topological polar surface area (TPSA) is 41.9 Å². The molecule has 0 radical (unpaired) electrons. The van der Waals surface area contributed by atoms with Crippen LogP contribution in [0.25, 0.3) is 0 Å². The van der Waals surface area contributed by atoms with Crippen molar-refractivity contribution < 1.29 is 13.2 Å². The molecule has 0 unspecified atom stereocenters. The van der Waals surface area contributed by atoms with E-state index in [0.717, 1.165) is 45.0 Å². The van der Waals surface area contributed by atoms with Gasteiger partial charge in [-0.15, -0.1) is 0 Å². The first-order chi connectivity index (χ1) is 9.05. The summed E-state index contributed by atoms with van der Waals surface area (Å²) in [5.74, 6) is 0. The van der Waals surface area contributed by atoms with Crippen LogP contribution in [0, 0.1) is 0 Å². The van der Waals surface area contributed by atoms with Crippen LogP contribution in [0.4, 0.5) is 13.2 Å². The largest absolute Gasteiger partial charge is 0.435 e. The monoisotopic (exact) mass is 276 g/mol. The van der Waals surface area contributed by atoms with Gasteiger partial charge in [-0.1, -0.05) is 0 Å². The molecule has 1 aromatic heterocycles. The Kier molecular flexibility index (Phi) is 4.81. The molecule has 7 heteroatoms. The minimum atomic E-state index is -4.35. The lowest BCUT2D eigenvalue weighted by molar-refractivity contribution is -0.141. The number of alkyl halides is 3. The summed E-state index contributed by atoms with van der Waals surface area (Å²) in [4.78, 5) is 0. The Morgan fingerprint density at radius 2 is 2.11 bits per heavy atom. The van der Waals surface area contributed by atoms with Crippen LogP contribution in [0.3, 0.4) is 0 Å². The summed E-state index contributed by atoms with van der Waals surface area (Å²) < 4.78 is 38.4. The second-order valence-electron chi connectivity index (χ2n) is 4.79. The molecule has 1 aliphatic heterocycles. The zero-order valence-corrected chi connectivity index (χ0v) is 10.7. The second-order valence-corrected chi connectivity index (χ2v) is 4.79. The van der Waals surface area contributed by atoms with Gasteiger partial charge in [0.05, 0.1) is 0 Å². The van der Waals surface area contributed by atoms with Gasteiger partial charge >= 0.3 is 6.18 Å². The lowest BCUT2D eigenvalue weighted by Gasteiger charge is -2.23. The fourth-order valence-corrected chi connectivity index (χ4v) is 2.21. The lowest BCUT2D eigenvalue weighted by Crippen LogP contribution is -2.40. The highest BCUT2D eigenvalue weighted by molar-refractivity contribution is 5.03. The molecule has 0 atom stereocenters. The Hall–Kier alpha value is -1.08. The van der Waals surface area contributed by atoms with Crippen molar-refractivity contribution in [1.29, 1.82) is 0 Å². The maximum atomic E-state index is 12.3. The number of piperidine rings is 1. The minimum Gasteiger partial charge on any atom is -0.317 e. The molecule has 0 amide bonds. The van der Waals surface area contributed by atoms with E-state index in [1.807, 2.05) is 0 Å². The third-order valence-corrected chi connectivity index (χ3v) is 3.27. The zero-order chi connectivity index (χ0) is 13.7. The van der Waals surface area contributed by atoms with E-state index >= 15 is 0 Å². The molecule has 1 fully saturated rings. The van der Waals surface area contributed by atoms with Crippen molar-refractivity contribution >= 4 is 0 Å². The average Bonchev–Trinajstić information content (AvgIpc) is 2.85. The molecule has 2 N–H and O–H groups in total. The molecule has 108 valence electrons. The average molecular weight is 276 g/mol. The van der Waals surface area contributed by atoms with Gasteiger partial charge in [0.1, 0.15) is 0 Å². The maximum Gasteiger partial charge on any atom is 0.435 e. The number of rotatable bonds is 5. The first kappa shape index (κ1) is 14.3. The Bertz CT molecular complexity index is 383. The van der Waals surface area contributed by atoms with Crippen LogP contribution in [0.1, 0.15) is 25.0 Å². The predicted molar refractivity (Wildman–Crippen MR) is 65.7 cm³/mol. The number of hydrogen-bond acceptors (Lipinski definition) is 3. The van der Waals surface area contributed by atoms with E-state index in [-0.39, 0.29) is 0 Å². The van der Waals surface area contributed by atoms with E-state index in [2.05, 4.69) is 15.7 Å².